The van der Waals surface area contributed by atoms with Crippen molar-refractivity contribution < 1.29 is 0 Å². The van der Waals surface area contributed by atoms with Gasteiger partial charge < -0.3 is 4.90 Å². The Morgan fingerprint density at radius 2 is 1.78 bits per heavy atom. The van der Waals surface area contributed by atoms with Crippen LogP contribution >= 0.6 is 22.6 Å². The summed E-state index contributed by atoms with van der Waals surface area (Å²) in [4.78, 5) is 2.41. The fourth-order valence-corrected chi connectivity index (χ4v) is 2.84. The third-order valence-corrected chi connectivity index (χ3v) is 4.25. The highest BCUT2D eigenvalue weighted by Crippen LogP contribution is 2.22. The molecule has 0 unspecified atom stereocenters. The van der Waals surface area contributed by atoms with Crippen molar-refractivity contribution in [2.75, 3.05) is 13.6 Å². The molecule has 1 nitrogen and oxygen atoms in total. The molecule has 0 aliphatic rings. The van der Waals surface area contributed by atoms with Crippen LogP contribution in [0.15, 0.2) is 36.4 Å². The number of hydrogen-bond donors (Lipinski definition) is 0. The van der Waals surface area contributed by atoms with Gasteiger partial charge in [-0.15, -0.1) is 0 Å². The van der Waals surface area contributed by atoms with Crippen LogP contribution in [0.25, 0.3) is 10.8 Å². The van der Waals surface area contributed by atoms with E-state index in [1.54, 1.807) is 0 Å². The highest BCUT2D eigenvalue weighted by atomic mass is 127. The average Bonchev–Trinajstić information content (AvgIpc) is 2.37. The molecule has 0 saturated carbocycles. The summed E-state index contributed by atoms with van der Waals surface area (Å²) in [5.74, 6) is 0. The van der Waals surface area contributed by atoms with Gasteiger partial charge in [-0.05, 0) is 71.1 Å². The number of rotatable bonds is 5. The molecule has 18 heavy (non-hydrogen) atoms. The third-order valence-electron chi connectivity index (χ3n) is 3.25. The van der Waals surface area contributed by atoms with E-state index in [0.717, 1.165) is 6.54 Å². The molecule has 96 valence electrons. The van der Waals surface area contributed by atoms with E-state index in [2.05, 4.69) is 77.9 Å². The molecule has 0 aromatic heterocycles. The Kier molecular flexibility index (Phi) is 5.01. The summed E-state index contributed by atoms with van der Waals surface area (Å²) in [5.41, 5.74) is 1.44. The van der Waals surface area contributed by atoms with Crippen molar-refractivity contribution in [3.8, 4) is 0 Å². The van der Waals surface area contributed by atoms with Crippen molar-refractivity contribution in [1.29, 1.82) is 0 Å². The average molecular weight is 353 g/mol. The molecule has 0 heterocycles. The molecule has 0 radical (unpaired) electrons. The van der Waals surface area contributed by atoms with Crippen LogP contribution in [-0.2, 0) is 6.54 Å². The summed E-state index contributed by atoms with van der Waals surface area (Å²) in [7, 11) is 2.21. The van der Waals surface area contributed by atoms with Crippen molar-refractivity contribution in [3.63, 3.8) is 0 Å². The van der Waals surface area contributed by atoms with Crippen LogP contribution in [0.2, 0.25) is 0 Å². The molecule has 0 N–H and O–H groups in total. The quantitative estimate of drug-likeness (QED) is 0.706. The van der Waals surface area contributed by atoms with Gasteiger partial charge in [0, 0.05) is 10.1 Å². The van der Waals surface area contributed by atoms with Crippen molar-refractivity contribution >= 4 is 33.4 Å². The maximum atomic E-state index is 2.45. The minimum atomic E-state index is 1.04. The molecule has 2 heteroatoms. The third kappa shape index (κ3) is 3.45. The van der Waals surface area contributed by atoms with Crippen molar-refractivity contribution in [2.45, 2.75) is 26.3 Å². The predicted molar refractivity (Wildman–Crippen MR) is 87.9 cm³/mol. The Morgan fingerprint density at radius 1 is 1.11 bits per heavy atom. The lowest BCUT2D eigenvalue weighted by Crippen LogP contribution is -2.19. The second-order valence-electron chi connectivity index (χ2n) is 4.88. The normalized spacial score (nSPS) is 11.3. The molecule has 0 aliphatic heterocycles. The van der Waals surface area contributed by atoms with Crippen molar-refractivity contribution in [2.24, 2.45) is 0 Å². The molecule has 0 bridgehead atoms. The second kappa shape index (κ2) is 6.53. The van der Waals surface area contributed by atoms with Crippen LogP contribution in [0.1, 0.15) is 25.3 Å². The number of hydrogen-bond acceptors (Lipinski definition) is 1. The van der Waals surface area contributed by atoms with Crippen molar-refractivity contribution in [1.82, 2.24) is 4.90 Å². The second-order valence-corrected chi connectivity index (χ2v) is 6.04. The van der Waals surface area contributed by atoms with Gasteiger partial charge in [-0.2, -0.15) is 0 Å². The number of unbranched alkanes of at least 4 members (excludes halogenated alkanes) is 1. The predicted octanol–water partition coefficient (Wildman–Crippen LogP) is 4.68. The minimum absolute atomic E-state index is 1.04. The SMILES string of the molecule is CCCCN(C)Cc1cc2ccccc2cc1I. The van der Waals surface area contributed by atoms with E-state index >= 15 is 0 Å². The lowest BCUT2D eigenvalue weighted by atomic mass is 10.1. The molecule has 0 fully saturated rings. The summed E-state index contributed by atoms with van der Waals surface area (Å²) in [5, 5.41) is 2.68. The molecule has 2 rings (SSSR count). The first-order valence-electron chi connectivity index (χ1n) is 6.56. The summed E-state index contributed by atoms with van der Waals surface area (Å²) in [6.07, 6.45) is 2.54. The molecule has 0 saturated heterocycles. The van der Waals surface area contributed by atoms with E-state index in [9.17, 15) is 0 Å². The van der Waals surface area contributed by atoms with Gasteiger partial charge in [-0.1, -0.05) is 37.6 Å². The minimum Gasteiger partial charge on any atom is -0.302 e. The zero-order valence-electron chi connectivity index (χ0n) is 11.1. The summed E-state index contributed by atoms with van der Waals surface area (Å²) < 4.78 is 1.37. The molecule has 2 aromatic rings. The van der Waals surface area contributed by atoms with Gasteiger partial charge in [-0.25, -0.2) is 0 Å². The van der Waals surface area contributed by atoms with Gasteiger partial charge >= 0.3 is 0 Å². The number of benzene rings is 2. The maximum absolute atomic E-state index is 2.45. The van der Waals surface area contributed by atoms with E-state index in [-0.39, 0.29) is 0 Å². The van der Waals surface area contributed by atoms with Crippen LogP contribution in [0.4, 0.5) is 0 Å². The zero-order chi connectivity index (χ0) is 13.0. The Balaban J connectivity index is 2.19. The Bertz CT molecular complexity index is 521. The van der Waals surface area contributed by atoms with Crippen LogP contribution in [-0.4, -0.2) is 18.5 Å². The highest BCUT2D eigenvalue weighted by Gasteiger charge is 2.05. The summed E-state index contributed by atoms with van der Waals surface area (Å²) >= 11 is 2.45. The molecule has 0 amide bonds. The van der Waals surface area contributed by atoms with Crippen LogP contribution < -0.4 is 0 Å². The van der Waals surface area contributed by atoms with E-state index in [1.165, 1.54) is 39.3 Å². The van der Waals surface area contributed by atoms with Gasteiger partial charge in [0.2, 0.25) is 0 Å². The molecule has 2 aromatic carbocycles. The number of fused-ring (bicyclic) bond motifs is 1. The lowest BCUT2D eigenvalue weighted by molar-refractivity contribution is 0.320. The van der Waals surface area contributed by atoms with Gasteiger partial charge in [-0.3, -0.25) is 0 Å². The highest BCUT2D eigenvalue weighted by molar-refractivity contribution is 14.1. The largest absolute Gasteiger partial charge is 0.302 e. The summed E-state index contributed by atoms with van der Waals surface area (Å²) in [6, 6.07) is 13.2. The van der Waals surface area contributed by atoms with E-state index in [0.29, 0.717) is 0 Å². The summed E-state index contributed by atoms with van der Waals surface area (Å²) in [6.45, 7) is 4.47. The maximum Gasteiger partial charge on any atom is 0.0241 e. The topological polar surface area (TPSA) is 3.24 Å². The first-order chi connectivity index (χ1) is 8.70. The number of nitrogens with zero attached hydrogens (tertiary/aromatic N) is 1. The molecule has 0 spiro atoms. The first-order valence-corrected chi connectivity index (χ1v) is 7.64. The molecular weight excluding hydrogens is 333 g/mol. The lowest BCUT2D eigenvalue weighted by Gasteiger charge is -2.17. The number of halogens is 1. The van der Waals surface area contributed by atoms with E-state index < -0.39 is 0 Å². The van der Waals surface area contributed by atoms with Crippen LogP contribution in [0.5, 0.6) is 0 Å². The monoisotopic (exact) mass is 353 g/mol. The van der Waals surface area contributed by atoms with Crippen LogP contribution in [0.3, 0.4) is 0 Å². The molecule has 0 aliphatic carbocycles. The van der Waals surface area contributed by atoms with E-state index in [1.807, 2.05) is 0 Å². The molecule has 0 atom stereocenters. The first kappa shape index (κ1) is 13.8. The van der Waals surface area contributed by atoms with Gasteiger partial charge in [0.1, 0.15) is 0 Å². The van der Waals surface area contributed by atoms with Gasteiger partial charge in [0.25, 0.3) is 0 Å². The Labute approximate surface area is 123 Å². The van der Waals surface area contributed by atoms with E-state index in [4.69, 9.17) is 0 Å². The molecular formula is C16H20IN. The fraction of sp³-hybridized carbons (Fsp3) is 0.375. The Morgan fingerprint density at radius 3 is 2.44 bits per heavy atom. The van der Waals surface area contributed by atoms with Crippen LogP contribution in [0, 0.1) is 3.57 Å². The Hall–Kier alpha value is -0.610. The van der Waals surface area contributed by atoms with Crippen molar-refractivity contribution in [3.05, 3.63) is 45.5 Å². The smallest absolute Gasteiger partial charge is 0.0241 e. The fourth-order valence-electron chi connectivity index (χ4n) is 2.18. The van der Waals surface area contributed by atoms with Gasteiger partial charge in [0.15, 0.2) is 0 Å². The van der Waals surface area contributed by atoms with Gasteiger partial charge in [0.05, 0.1) is 0 Å². The zero-order valence-corrected chi connectivity index (χ0v) is 13.3. The standard InChI is InChI=1S/C16H20IN/c1-3-4-9-18(2)12-15-10-13-7-5-6-8-14(13)11-16(15)17/h5-8,10-11H,3-4,9,12H2,1-2H3.